The Morgan fingerprint density at radius 3 is 2.83 bits per heavy atom. The second kappa shape index (κ2) is 10.5. The zero-order valence-corrected chi connectivity index (χ0v) is 19.7. The van der Waals surface area contributed by atoms with E-state index in [1.165, 1.54) is 6.33 Å². The molecule has 1 aliphatic heterocycles. The summed E-state index contributed by atoms with van der Waals surface area (Å²) < 4.78 is 37.7. The van der Waals surface area contributed by atoms with E-state index in [1.54, 1.807) is 34.9 Å². The Balaban J connectivity index is 1.46. The number of para-hydroxylation sites is 1. The van der Waals surface area contributed by atoms with Crippen molar-refractivity contribution in [2.75, 3.05) is 24.7 Å². The van der Waals surface area contributed by atoms with Gasteiger partial charge in [-0.2, -0.15) is 15.1 Å². The highest BCUT2D eigenvalue weighted by molar-refractivity contribution is 7.52. The van der Waals surface area contributed by atoms with Crippen LogP contribution in [0.25, 0.3) is 11.2 Å². The maximum atomic E-state index is 13.5. The highest BCUT2D eigenvalue weighted by Crippen LogP contribution is 2.45. The van der Waals surface area contributed by atoms with Crippen molar-refractivity contribution in [1.29, 1.82) is 0 Å². The molecule has 3 aromatic rings. The Hall–Kier alpha value is -3.29. The number of carboxylic acid groups (broad SMARTS) is 1. The SMILES string of the molecule is CCC[C@@H](NP(=O)(OCC1OC[C@H](n2cnc3c(N)nc(N)nc32)O1)Oc1ccccc1)C(=O)O. The van der Waals surface area contributed by atoms with Gasteiger partial charge >= 0.3 is 13.7 Å². The molecular weight excluding hydrogens is 481 g/mol. The number of nitrogen functional groups attached to an aromatic ring is 2. The van der Waals surface area contributed by atoms with Crippen molar-refractivity contribution in [2.24, 2.45) is 0 Å². The number of fused-ring (bicyclic) bond motifs is 1. The normalized spacial score (nSPS) is 20.5. The maximum Gasteiger partial charge on any atom is 0.459 e. The van der Waals surface area contributed by atoms with Gasteiger partial charge in [-0.05, 0) is 18.6 Å². The van der Waals surface area contributed by atoms with Crippen LogP contribution in [0.2, 0.25) is 0 Å². The monoisotopic (exact) mass is 507 g/mol. The molecule has 15 heteroatoms. The third kappa shape index (κ3) is 5.86. The van der Waals surface area contributed by atoms with Crippen LogP contribution in [0.4, 0.5) is 11.8 Å². The Kier molecular flexibility index (Phi) is 7.48. The predicted octanol–water partition coefficient (Wildman–Crippen LogP) is 1.91. The molecule has 3 heterocycles. The molecule has 4 rings (SSSR count). The molecule has 0 bridgehead atoms. The van der Waals surface area contributed by atoms with Gasteiger partial charge in [0.15, 0.2) is 24.0 Å². The number of nitrogens with two attached hydrogens (primary N) is 2. The van der Waals surface area contributed by atoms with Crippen molar-refractivity contribution < 1.29 is 33.0 Å². The fraction of sp³-hybridized carbons (Fsp3) is 0.400. The van der Waals surface area contributed by atoms with Crippen LogP contribution in [-0.2, 0) is 23.4 Å². The average Bonchev–Trinajstić information content (AvgIpc) is 3.45. The fourth-order valence-electron chi connectivity index (χ4n) is 3.44. The quantitative estimate of drug-likeness (QED) is 0.275. The second-order valence-corrected chi connectivity index (χ2v) is 9.34. The Bertz CT molecular complexity index is 1230. The van der Waals surface area contributed by atoms with Crippen molar-refractivity contribution >= 4 is 36.6 Å². The predicted molar refractivity (Wildman–Crippen MR) is 124 cm³/mol. The first-order valence-electron chi connectivity index (χ1n) is 10.8. The van der Waals surface area contributed by atoms with Crippen LogP contribution in [0.15, 0.2) is 36.7 Å². The van der Waals surface area contributed by atoms with E-state index in [0.29, 0.717) is 17.6 Å². The van der Waals surface area contributed by atoms with Crippen molar-refractivity contribution in [3.05, 3.63) is 36.7 Å². The van der Waals surface area contributed by atoms with Gasteiger partial charge in [0.2, 0.25) is 5.95 Å². The number of nitrogens with zero attached hydrogens (tertiary/aromatic N) is 4. The molecule has 0 spiro atoms. The molecule has 2 aromatic heterocycles. The van der Waals surface area contributed by atoms with E-state index in [4.69, 9.17) is 30.0 Å². The first-order valence-corrected chi connectivity index (χ1v) is 12.3. The number of aromatic nitrogens is 4. The summed E-state index contributed by atoms with van der Waals surface area (Å²) in [5, 5.41) is 12.0. The van der Waals surface area contributed by atoms with Crippen molar-refractivity contribution in [1.82, 2.24) is 24.6 Å². The first-order chi connectivity index (χ1) is 16.8. The van der Waals surface area contributed by atoms with Gasteiger partial charge in [0.1, 0.15) is 23.9 Å². The molecule has 0 aliphatic carbocycles. The minimum absolute atomic E-state index is 0.0133. The Morgan fingerprint density at radius 2 is 2.11 bits per heavy atom. The minimum Gasteiger partial charge on any atom is -0.480 e. The summed E-state index contributed by atoms with van der Waals surface area (Å²) in [7, 11) is -4.13. The number of anilines is 2. The zero-order chi connectivity index (χ0) is 25.0. The zero-order valence-electron chi connectivity index (χ0n) is 18.8. The van der Waals surface area contributed by atoms with Crippen molar-refractivity contribution in [2.45, 2.75) is 38.3 Å². The molecule has 35 heavy (non-hydrogen) atoms. The Morgan fingerprint density at radius 1 is 1.34 bits per heavy atom. The van der Waals surface area contributed by atoms with E-state index in [2.05, 4.69) is 20.0 Å². The standard InChI is InChI=1S/C20H26N7O7P/c1-2-6-13(19(28)29)26-35(30,34-12-7-4-3-5-8-12)32-10-15-31-9-14(33-15)27-11-23-16-17(21)24-20(22)25-18(16)27/h3-5,7-8,11,13-15H,2,6,9-10H2,1H3,(H,26,30)(H,28,29)(H4,21,22,24,25)/t13-,14-,15?,35?/m1/s1. The van der Waals surface area contributed by atoms with Gasteiger partial charge in [-0.25, -0.2) is 9.55 Å². The summed E-state index contributed by atoms with van der Waals surface area (Å²) in [5.41, 5.74) is 12.3. The van der Waals surface area contributed by atoms with Gasteiger partial charge in [-0.1, -0.05) is 31.5 Å². The molecule has 14 nitrogen and oxygen atoms in total. The van der Waals surface area contributed by atoms with Gasteiger partial charge in [0.25, 0.3) is 0 Å². The van der Waals surface area contributed by atoms with Crippen molar-refractivity contribution in [3.63, 3.8) is 0 Å². The summed E-state index contributed by atoms with van der Waals surface area (Å²) in [6.45, 7) is 1.61. The van der Waals surface area contributed by atoms with Gasteiger partial charge < -0.3 is 30.6 Å². The number of rotatable bonds is 11. The summed E-state index contributed by atoms with van der Waals surface area (Å²) in [6.07, 6.45) is 0.666. The third-order valence-corrected chi connectivity index (χ3v) is 6.62. The molecule has 1 fully saturated rings. The first kappa shape index (κ1) is 24.8. The summed E-state index contributed by atoms with van der Waals surface area (Å²) >= 11 is 0. The molecule has 0 amide bonds. The number of ether oxygens (including phenoxy) is 2. The summed E-state index contributed by atoms with van der Waals surface area (Å²) in [5.74, 6) is -0.806. The topological polar surface area (TPSA) is 199 Å². The lowest BCUT2D eigenvalue weighted by molar-refractivity contribution is -0.139. The van der Waals surface area contributed by atoms with Crippen LogP contribution >= 0.6 is 7.75 Å². The van der Waals surface area contributed by atoms with E-state index in [-0.39, 0.29) is 37.2 Å². The molecular formula is C20H26N7O7P. The number of nitrogens with one attached hydrogen (secondary N) is 1. The molecule has 4 atom stereocenters. The number of aliphatic carboxylic acids is 1. The lowest BCUT2D eigenvalue weighted by atomic mass is 10.2. The summed E-state index contributed by atoms with van der Waals surface area (Å²) in [4.78, 5) is 23.9. The van der Waals surface area contributed by atoms with Crippen LogP contribution in [-0.4, -0.2) is 56.1 Å². The van der Waals surface area contributed by atoms with E-state index in [9.17, 15) is 14.5 Å². The Labute approximate surface area is 200 Å². The van der Waals surface area contributed by atoms with E-state index in [0.717, 1.165) is 0 Å². The number of hydrogen-bond acceptors (Lipinski definition) is 11. The molecule has 188 valence electrons. The highest BCUT2D eigenvalue weighted by atomic mass is 31.2. The number of benzene rings is 1. The molecule has 6 N–H and O–H groups in total. The second-order valence-electron chi connectivity index (χ2n) is 7.65. The molecule has 1 aliphatic rings. The van der Waals surface area contributed by atoms with Crippen LogP contribution in [0.1, 0.15) is 26.0 Å². The van der Waals surface area contributed by atoms with Gasteiger partial charge in [0, 0.05) is 0 Å². The molecule has 0 saturated carbocycles. The lowest BCUT2D eigenvalue weighted by Crippen LogP contribution is -2.36. The average molecular weight is 507 g/mol. The highest BCUT2D eigenvalue weighted by Gasteiger charge is 2.36. The number of hydrogen-bond donors (Lipinski definition) is 4. The van der Waals surface area contributed by atoms with Gasteiger partial charge in [0.05, 0.1) is 12.9 Å². The van der Waals surface area contributed by atoms with Gasteiger partial charge in [-0.15, -0.1) is 0 Å². The third-order valence-electron chi connectivity index (χ3n) is 5.05. The van der Waals surface area contributed by atoms with Crippen LogP contribution in [0, 0.1) is 0 Å². The molecule has 0 radical (unpaired) electrons. The largest absolute Gasteiger partial charge is 0.480 e. The molecule has 1 aromatic carbocycles. The summed E-state index contributed by atoms with van der Waals surface area (Å²) in [6, 6.07) is 7.15. The number of imidazole rings is 1. The minimum atomic E-state index is -4.13. The van der Waals surface area contributed by atoms with Crippen LogP contribution in [0.5, 0.6) is 5.75 Å². The fourth-order valence-corrected chi connectivity index (χ4v) is 4.95. The van der Waals surface area contributed by atoms with Crippen molar-refractivity contribution in [3.8, 4) is 5.75 Å². The maximum absolute atomic E-state index is 13.5. The van der Waals surface area contributed by atoms with E-state index in [1.807, 2.05) is 6.92 Å². The molecule has 1 saturated heterocycles. The van der Waals surface area contributed by atoms with E-state index >= 15 is 0 Å². The number of carbonyl (C=O) groups is 1. The van der Waals surface area contributed by atoms with Crippen LogP contribution < -0.4 is 21.1 Å². The molecule has 2 unspecified atom stereocenters. The van der Waals surface area contributed by atoms with E-state index < -0.39 is 32.3 Å². The van der Waals surface area contributed by atoms with Crippen LogP contribution in [0.3, 0.4) is 0 Å². The smallest absolute Gasteiger partial charge is 0.459 e. The number of carboxylic acids is 1. The lowest BCUT2D eigenvalue weighted by Gasteiger charge is -2.24. The van der Waals surface area contributed by atoms with Gasteiger partial charge in [-0.3, -0.25) is 13.9 Å².